The molecule has 2 aliphatic carbocycles. The molecule has 0 amide bonds. The number of furan rings is 1. The van der Waals surface area contributed by atoms with Crippen molar-refractivity contribution in [3.05, 3.63) is 89.6 Å². The van der Waals surface area contributed by atoms with E-state index in [0.717, 1.165) is 44.3 Å². The number of benzene rings is 3. The second-order valence-electron chi connectivity index (χ2n) is 12.0. The Morgan fingerprint density at radius 2 is 1.67 bits per heavy atom. The minimum absolute atomic E-state index is 0.567. The van der Waals surface area contributed by atoms with E-state index in [1.54, 1.807) is 0 Å². The molecule has 2 aromatic heterocycles. The molecule has 3 heteroatoms. The zero-order chi connectivity index (χ0) is 26.6. The first-order chi connectivity index (χ1) is 19.1. The van der Waals surface area contributed by atoms with Crippen molar-refractivity contribution in [1.82, 2.24) is 0 Å². The quantitative estimate of drug-likeness (QED) is 0.227. The number of nitriles is 1. The van der Waals surface area contributed by atoms with Crippen LogP contribution in [0.2, 0.25) is 0 Å². The first-order valence-electron chi connectivity index (χ1n) is 14.5. The normalized spacial score (nSPS) is 18.6. The number of pyridine rings is 1. The lowest BCUT2D eigenvalue weighted by Crippen LogP contribution is -2.30. The lowest BCUT2D eigenvalue weighted by atomic mass is 9.72. The Morgan fingerprint density at radius 1 is 0.872 bits per heavy atom. The molecule has 1 spiro atoms. The standard InChI is InChI=1S/C36H35N2O/c1-24-12-14-29-30-15-13-28(23-37)33(35(30)39-34(29)32(24)31-11-4-7-20-38(31)2)26-10-8-9-25(21-26)27-16-19-36(22-27)17-5-3-6-18-36/h4,7-15,20-21,27H,3,5-6,16-19,22H2,1-2H3/q+1. The van der Waals surface area contributed by atoms with Crippen molar-refractivity contribution in [3.63, 3.8) is 0 Å². The van der Waals surface area contributed by atoms with E-state index in [1.165, 1.54) is 62.5 Å². The van der Waals surface area contributed by atoms with Crippen LogP contribution in [0.1, 0.15) is 74.0 Å². The van der Waals surface area contributed by atoms with Crippen molar-refractivity contribution >= 4 is 21.9 Å². The van der Waals surface area contributed by atoms with Crippen molar-refractivity contribution in [2.75, 3.05) is 0 Å². The first kappa shape index (κ1) is 24.2. The summed E-state index contributed by atoms with van der Waals surface area (Å²) in [6.07, 6.45) is 13.0. The van der Waals surface area contributed by atoms with Crippen LogP contribution >= 0.6 is 0 Å². The Balaban J connectivity index is 1.39. The van der Waals surface area contributed by atoms with E-state index in [2.05, 4.69) is 85.4 Å². The Labute approximate surface area is 230 Å². The second-order valence-corrected chi connectivity index (χ2v) is 12.0. The number of hydrogen-bond acceptors (Lipinski definition) is 2. The summed E-state index contributed by atoms with van der Waals surface area (Å²) in [6, 6.07) is 26.1. The molecule has 194 valence electrons. The molecule has 0 radical (unpaired) electrons. The summed E-state index contributed by atoms with van der Waals surface area (Å²) >= 11 is 0. The number of aromatic nitrogens is 1. The molecule has 2 fully saturated rings. The Morgan fingerprint density at radius 3 is 2.46 bits per heavy atom. The molecule has 39 heavy (non-hydrogen) atoms. The fourth-order valence-electron chi connectivity index (χ4n) is 7.68. The molecule has 2 heterocycles. The molecule has 0 N–H and O–H groups in total. The SMILES string of the molecule is Cc1ccc2c(oc3c(-c4cccc(C5CCC6(CCCCC6)C5)c4)c(C#N)ccc32)c1-c1cccc[n+]1C. The van der Waals surface area contributed by atoms with E-state index in [0.29, 0.717) is 16.9 Å². The van der Waals surface area contributed by atoms with Crippen molar-refractivity contribution < 1.29 is 8.98 Å². The van der Waals surface area contributed by atoms with Gasteiger partial charge in [-0.3, -0.25) is 0 Å². The summed E-state index contributed by atoms with van der Waals surface area (Å²) < 4.78 is 8.93. The number of hydrogen-bond donors (Lipinski definition) is 0. The maximum Gasteiger partial charge on any atom is 0.216 e. The molecule has 2 saturated carbocycles. The average Bonchev–Trinajstić information content (AvgIpc) is 3.55. The molecule has 7 rings (SSSR count). The van der Waals surface area contributed by atoms with Crippen LogP contribution in [0.3, 0.4) is 0 Å². The predicted octanol–water partition coefficient (Wildman–Crippen LogP) is 9.14. The lowest BCUT2D eigenvalue weighted by Gasteiger charge is -2.33. The van der Waals surface area contributed by atoms with Gasteiger partial charge in [-0.1, -0.05) is 55.7 Å². The topological polar surface area (TPSA) is 40.8 Å². The highest BCUT2D eigenvalue weighted by Gasteiger charge is 2.40. The number of fused-ring (bicyclic) bond motifs is 3. The number of nitrogens with zero attached hydrogens (tertiary/aromatic N) is 2. The first-order valence-corrected chi connectivity index (χ1v) is 14.5. The van der Waals surface area contributed by atoms with Gasteiger partial charge in [0.1, 0.15) is 18.2 Å². The van der Waals surface area contributed by atoms with Gasteiger partial charge >= 0.3 is 0 Å². The zero-order valence-electron chi connectivity index (χ0n) is 23.0. The minimum Gasteiger partial charge on any atom is -0.454 e. The third-order valence-corrected chi connectivity index (χ3v) is 9.71. The summed E-state index contributed by atoms with van der Waals surface area (Å²) in [5.74, 6) is 0.607. The highest BCUT2D eigenvalue weighted by atomic mass is 16.3. The summed E-state index contributed by atoms with van der Waals surface area (Å²) in [5.41, 5.74) is 9.73. The van der Waals surface area contributed by atoms with Gasteiger partial charge in [-0.05, 0) is 85.3 Å². The van der Waals surface area contributed by atoms with Crippen LogP contribution in [0, 0.1) is 23.7 Å². The highest BCUT2D eigenvalue weighted by molar-refractivity contribution is 6.14. The van der Waals surface area contributed by atoms with Gasteiger partial charge < -0.3 is 4.42 Å². The van der Waals surface area contributed by atoms with Gasteiger partial charge in [0, 0.05) is 28.5 Å². The predicted molar refractivity (Wildman–Crippen MR) is 157 cm³/mol. The summed E-state index contributed by atoms with van der Waals surface area (Å²) in [5, 5.41) is 12.3. The summed E-state index contributed by atoms with van der Waals surface area (Å²) in [4.78, 5) is 0. The van der Waals surface area contributed by atoms with E-state index >= 15 is 0 Å². The Hall–Kier alpha value is -3.90. The molecular weight excluding hydrogens is 476 g/mol. The van der Waals surface area contributed by atoms with Crippen molar-refractivity contribution in [2.45, 2.75) is 64.2 Å². The molecule has 5 aromatic rings. The largest absolute Gasteiger partial charge is 0.454 e. The Kier molecular flexibility index (Phi) is 5.81. The van der Waals surface area contributed by atoms with Crippen LogP contribution < -0.4 is 4.57 Å². The van der Waals surface area contributed by atoms with E-state index in [-0.39, 0.29) is 0 Å². The summed E-state index contributed by atoms with van der Waals surface area (Å²) in [6.45, 7) is 2.14. The van der Waals surface area contributed by atoms with Crippen molar-refractivity contribution in [3.8, 4) is 28.5 Å². The van der Waals surface area contributed by atoms with Crippen LogP contribution in [0.4, 0.5) is 0 Å². The average molecular weight is 512 g/mol. The maximum absolute atomic E-state index is 10.2. The van der Waals surface area contributed by atoms with Gasteiger partial charge in [-0.25, -0.2) is 4.57 Å². The fourth-order valence-corrected chi connectivity index (χ4v) is 7.68. The summed E-state index contributed by atoms with van der Waals surface area (Å²) in [7, 11) is 2.07. The van der Waals surface area contributed by atoms with E-state index < -0.39 is 0 Å². The molecule has 0 aliphatic heterocycles. The second kappa shape index (κ2) is 9.38. The smallest absolute Gasteiger partial charge is 0.216 e. The molecule has 0 saturated heterocycles. The number of aryl methyl sites for hydroxylation is 2. The van der Waals surface area contributed by atoms with Gasteiger partial charge in [0.25, 0.3) is 0 Å². The molecule has 1 unspecified atom stereocenters. The molecule has 2 aliphatic rings. The number of rotatable bonds is 3. The molecular formula is C36H35N2O+. The van der Waals surface area contributed by atoms with Gasteiger partial charge in [-0.2, -0.15) is 5.26 Å². The molecule has 3 aromatic carbocycles. The van der Waals surface area contributed by atoms with Gasteiger partial charge in [0.15, 0.2) is 6.20 Å². The van der Waals surface area contributed by atoms with Gasteiger partial charge in [0.05, 0.1) is 17.2 Å². The van der Waals surface area contributed by atoms with E-state index in [4.69, 9.17) is 4.42 Å². The van der Waals surface area contributed by atoms with Crippen LogP contribution in [0.25, 0.3) is 44.3 Å². The van der Waals surface area contributed by atoms with Crippen LogP contribution in [0.5, 0.6) is 0 Å². The van der Waals surface area contributed by atoms with Gasteiger partial charge in [0.2, 0.25) is 5.69 Å². The molecule has 0 bridgehead atoms. The van der Waals surface area contributed by atoms with E-state index in [1.807, 2.05) is 12.1 Å². The fraction of sp³-hybridized carbons (Fsp3) is 0.333. The van der Waals surface area contributed by atoms with Gasteiger partial charge in [-0.15, -0.1) is 0 Å². The zero-order valence-corrected chi connectivity index (χ0v) is 23.0. The van der Waals surface area contributed by atoms with Crippen molar-refractivity contribution in [2.24, 2.45) is 12.5 Å². The minimum atomic E-state index is 0.567. The highest BCUT2D eigenvalue weighted by Crippen LogP contribution is 2.54. The molecule has 1 atom stereocenters. The van der Waals surface area contributed by atoms with E-state index in [9.17, 15) is 5.26 Å². The lowest BCUT2D eigenvalue weighted by molar-refractivity contribution is -0.660. The maximum atomic E-state index is 10.2. The van der Waals surface area contributed by atoms with Crippen molar-refractivity contribution in [1.29, 1.82) is 5.26 Å². The molecule has 3 nitrogen and oxygen atoms in total. The monoisotopic (exact) mass is 511 g/mol. The van der Waals surface area contributed by atoms with Crippen LogP contribution in [-0.4, -0.2) is 0 Å². The van der Waals surface area contributed by atoms with Crippen LogP contribution in [-0.2, 0) is 7.05 Å². The third-order valence-electron chi connectivity index (χ3n) is 9.71. The van der Waals surface area contributed by atoms with Crippen LogP contribution in [0.15, 0.2) is 77.3 Å². The Bertz CT molecular complexity index is 1760. The third kappa shape index (κ3) is 3.97.